The molecule has 7 nitrogen and oxygen atoms in total. The maximum absolute atomic E-state index is 12.5. The largest absolute Gasteiger partial charge is 0.493 e. The molecular formula is C24H20N4O3. The maximum atomic E-state index is 12.5. The summed E-state index contributed by atoms with van der Waals surface area (Å²) >= 11 is 0. The number of anilines is 1. The number of nitrogens with one attached hydrogen (secondary N) is 1. The second-order valence-corrected chi connectivity index (χ2v) is 7.06. The highest BCUT2D eigenvalue weighted by atomic mass is 16.3. The SMILES string of the molecule is Cc1ccc(C(=O)N=Nc2c(O)n(CC(=O)Nc3ccccc3)c3ccccc23)cc1. The summed E-state index contributed by atoms with van der Waals surface area (Å²) in [5.74, 6) is -1.05. The molecule has 0 saturated carbocycles. The molecule has 0 radical (unpaired) electrons. The molecule has 0 aliphatic carbocycles. The lowest BCUT2D eigenvalue weighted by molar-refractivity contribution is -0.116. The van der Waals surface area contributed by atoms with Crippen LogP contribution in [-0.4, -0.2) is 21.5 Å². The Morgan fingerprint density at radius 2 is 1.61 bits per heavy atom. The summed E-state index contributed by atoms with van der Waals surface area (Å²) in [7, 11) is 0. The van der Waals surface area contributed by atoms with Gasteiger partial charge in [0, 0.05) is 16.6 Å². The molecule has 1 heterocycles. The third-order valence-electron chi connectivity index (χ3n) is 4.82. The average molecular weight is 412 g/mol. The quantitative estimate of drug-likeness (QED) is 0.440. The van der Waals surface area contributed by atoms with Crippen LogP contribution in [0.4, 0.5) is 11.4 Å². The van der Waals surface area contributed by atoms with Crippen LogP contribution in [0.15, 0.2) is 89.1 Å². The van der Waals surface area contributed by atoms with E-state index in [0.29, 0.717) is 22.2 Å². The van der Waals surface area contributed by atoms with E-state index < -0.39 is 5.91 Å². The van der Waals surface area contributed by atoms with Gasteiger partial charge in [-0.1, -0.05) is 54.1 Å². The first kappa shape index (κ1) is 20.0. The fraction of sp³-hybridized carbons (Fsp3) is 0.0833. The molecule has 4 aromatic rings. The van der Waals surface area contributed by atoms with Gasteiger partial charge in [-0.25, -0.2) is 0 Å². The van der Waals surface area contributed by atoms with Gasteiger partial charge in [0.2, 0.25) is 11.8 Å². The molecule has 0 atom stereocenters. The molecule has 7 heteroatoms. The third kappa shape index (κ3) is 4.35. The zero-order valence-electron chi connectivity index (χ0n) is 16.8. The van der Waals surface area contributed by atoms with Crippen LogP contribution in [0.5, 0.6) is 5.88 Å². The van der Waals surface area contributed by atoms with E-state index in [9.17, 15) is 14.7 Å². The monoisotopic (exact) mass is 412 g/mol. The van der Waals surface area contributed by atoms with E-state index in [1.165, 1.54) is 4.57 Å². The normalized spacial score (nSPS) is 11.1. The molecule has 0 unspecified atom stereocenters. The summed E-state index contributed by atoms with van der Waals surface area (Å²) in [5.41, 5.74) is 2.85. The molecule has 4 rings (SSSR count). The van der Waals surface area contributed by atoms with Crippen LogP contribution in [0, 0.1) is 6.92 Å². The smallest absolute Gasteiger partial charge is 0.295 e. The predicted octanol–water partition coefficient (Wildman–Crippen LogP) is 5.22. The van der Waals surface area contributed by atoms with Gasteiger partial charge >= 0.3 is 0 Å². The Morgan fingerprint density at radius 3 is 2.35 bits per heavy atom. The van der Waals surface area contributed by atoms with Crippen molar-refractivity contribution in [3.63, 3.8) is 0 Å². The van der Waals surface area contributed by atoms with Gasteiger partial charge in [-0.05, 0) is 37.3 Å². The summed E-state index contributed by atoms with van der Waals surface area (Å²) < 4.78 is 1.44. The summed E-state index contributed by atoms with van der Waals surface area (Å²) in [4.78, 5) is 24.9. The second-order valence-electron chi connectivity index (χ2n) is 7.06. The van der Waals surface area contributed by atoms with E-state index in [1.54, 1.807) is 48.5 Å². The molecule has 31 heavy (non-hydrogen) atoms. The van der Waals surface area contributed by atoms with Crippen molar-refractivity contribution in [2.24, 2.45) is 10.2 Å². The lowest BCUT2D eigenvalue weighted by atomic mass is 10.1. The number of hydrogen-bond acceptors (Lipinski definition) is 4. The molecule has 2 N–H and O–H groups in total. The van der Waals surface area contributed by atoms with Gasteiger partial charge in [-0.3, -0.25) is 9.59 Å². The van der Waals surface area contributed by atoms with Crippen molar-refractivity contribution in [3.8, 4) is 5.88 Å². The molecule has 0 spiro atoms. The Kier molecular flexibility index (Phi) is 5.57. The molecule has 0 aliphatic heterocycles. The number of amides is 2. The van der Waals surface area contributed by atoms with Crippen LogP contribution < -0.4 is 5.32 Å². The van der Waals surface area contributed by atoms with Crippen LogP contribution in [-0.2, 0) is 11.3 Å². The van der Waals surface area contributed by atoms with E-state index in [4.69, 9.17) is 0 Å². The summed E-state index contributed by atoms with van der Waals surface area (Å²) in [6.07, 6.45) is 0. The summed E-state index contributed by atoms with van der Waals surface area (Å²) in [5, 5.41) is 21.9. The van der Waals surface area contributed by atoms with Crippen molar-refractivity contribution in [2.75, 3.05) is 5.32 Å². The fourth-order valence-electron chi connectivity index (χ4n) is 3.25. The fourth-order valence-corrected chi connectivity index (χ4v) is 3.25. The lowest BCUT2D eigenvalue weighted by Gasteiger charge is -2.08. The second kappa shape index (κ2) is 8.62. The predicted molar refractivity (Wildman–Crippen MR) is 119 cm³/mol. The van der Waals surface area contributed by atoms with Crippen molar-refractivity contribution in [2.45, 2.75) is 13.5 Å². The van der Waals surface area contributed by atoms with E-state index >= 15 is 0 Å². The maximum Gasteiger partial charge on any atom is 0.295 e. The van der Waals surface area contributed by atoms with Gasteiger partial charge in [-0.15, -0.1) is 10.2 Å². The lowest BCUT2D eigenvalue weighted by Crippen LogP contribution is -2.18. The van der Waals surface area contributed by atoms with E-state index in [0.717, 1.165) is 5.56 Å². The number of hydrogen-bond donors (Lipinski definition) is 2. The number of para-hydroxylation sites is 2. The first-order valence-electron chi connectivity index (χ1n) is 9.71. The molecule has 1 aromatic heterocycles. The zero-order chi connectivity index (χ0) is 21.8. The molecule has 2 amide bonds. The minimum absolute atomic E-state index is 0.122. The molecule has 0 saturated heterocycles. The molecule has 0 fully saturated rings. The number of aromatic nitrogens is 1. The highest BCUT2D eigenvalue weighted by molar-refractivity contribution is 5.99. The first-order valence-corrected chi connectivity index (χ1v) is 9.71. The number of fused-ring (bicyclic) bond motifs is 1. The van der Waals surface area contributed by atoms with Gasteiger partial charge in [-0.2, -0.15) is 0 Å². The van der Waals surface area contributed by atoms with Crippen LogP contribution >= 0.6 is 0 Å². The van der Waals surface area contributed by atoms with Gasteiger partial charge in [0.05, 0.1) is 5.52 Å². The average Bonchev–Trinajstić information content (AvgIpc) is 3.04. The Hall–Kier alpha value is -4.26. The number of aryl methyl sites for hydroxylation is 1. The van der Waals surface area contributed by atoms with Crippen molar-refractivity contribution in [1.29, 1.82) is 0 Å². The highest BCUT2D eigenvalue weighted by Crippen LogP contribution is 2.38. The van der Waals surface area contributed by atoms with Crippen molar-refractivity contribution < 1.29 is 14.7 Å². The standard InChI is InChI=1S/C24H20N4O3/c1-16-11-13-17(14-12-16)23(30)27-26-22-19-9-5-6-10-20(19)28(24(22)31)15-21(29)25-18-7-3-2-4-8-18/h2-14,31H,15H2,1H3,(H,25,29). The number of nitrogens with zero attached hydrogens (tertiary/aromatic N) is 3. The van der Waals surface area contributed by atoms with E-state index in [1.807, 2.05) is 37.3 Å². The number of rotatable bonds is 5. The van der Waals surface area contributed by atoms with Gasteiger partial charge in [0.15, 0.2) is 5.69 Å². The van der Waals surface area contributed by atoms with Gasteiger partial charge < -0.3 is 15.0 Å². The molecule has 0 aliphatic rings. The Labute approximate surface area is 178 Å². The number of carbonyl (C=O) groups is 2. The first-order chi connectivity index (χ1) is 15.0. The highest BCUT2D eigenvalue weighted by Gasteiger charge is 2.19. The van der Waals surface area contributed by atoms with Crippen molar-refractivity contribution in [1.82, 2.24) is 4.57 Å². The third-order valence-corrected chi connectivity index (χ3v) is 4.82. The number of carbonyl (C=O) groups excluding carboxylic acids is 2. The number of azo groups is 1. The minimum atomic E-state index is -0.516. The van der Waals surface area contributed by atoms with Gasteiger partial charge in [0.25, 0.3) is 5.91 Å². The van der Waals surface area contributed by atoms with Crippen LogP contribution in [0.1, 0.15) is 15.9 Å². The van der Waals surface area contributed by atoms with E-state index in [-0.39, 0.29) is 24.0 Å². The topological polar surface area (TPSA) is 96.0 Å². The van der Waals surface area contributed by atoms with Gasteiger partial charge in [0.1, 0.15) is 6.54 Å². The van der Waals surface area contributed by atoms with Crippen LogP contribution in [0.2, 0.25) is 0 Å². The Bertz CT molecular complexity index is 1280. The van der Waals surface area contributed by atoms with E-state index in [2.05, 4.69) is 15.5 Å². The summed E-state index contributed by atoms with van der Waals surface area (Å²) in [6.45, 7) is 1.80. The molecular weight excluding hydrogens is 392 g/mol. The number of aromatic hydroxyl groups is 1. The van der Waals surface area contributed by atoms with Crippen molar-refractivity contribution >= 4 is 34.1 Å². The number of benzene rings is 3. The molecule has 0 bridgehead atoms. The Balaban J connectivity index is 1.62. The zero-order valence-corrected chi connectivity index (χ0v) is 16.8. The Morgan fingerprint density at radius 1 is 0.935 bits per heavy atom. The molecule has 154 valence electrons. The molecule has 3 aromatic carbocycles. The van der Waals surface area contributed by atoms with Crippen molar-refractivity contribution in [3.05, 3.63) is 90.0 Å². The minimum Gasteiger partial charge on any atom is -0.493 e. The summed E-state index contributed by atoms with van der Waals surface area (Å²) in [6, 6.07) is 23.2. The van der Waals surface area contributed by atoms with Crippen LogP contribution in [0.25, 0.3) is 10.9 Å². The van der Waals surface area contributed by atoms with Crippen LogP contribution in [0.3, 0.4) is 0 Å².